The van der Waals surface area contributed by atoms with E-state index in [0.717, 1.165) is 31.4 Å². The quantitative estimate of drug-likeness (QED) is 0.867. The van der Waals surface area contributed by atoms with Gasteiger partial charge in [-0.1, -0.05) is 12.1 Å². The summed E-state index contributed by atoms with van der Waals surface area (Å²) in [5.74, 6) is 0.653. The van der Waals surface area contributed by atoms with Crippen molar-refractivity contribution in [3.8, 4) is 0 Å². The smallest absolute Gasteiger partial charge is 0.229 e. The minimum absolute atomic E-state index is 0. The number of para-hydroxylation sites is 1. The number of aromatic nitrogens is 1. The Labute approximate surface area is 159 Å². The number of rotatable bonds is 3. The van der Waals surface area contributed by atoms with Crippen molar-refractivity contribution in [1.82, 2.24) is 9.88 Å². The summed E-state index contributed by atoms with van der Waals surface area (Å²) in [5.41, 5.74) is 6.35. The number of carbonyl (C=O) groups is 1. The molecule has 1 aliphatic heterocycles. The molecular weight excluding hydrogens is 365 g/mol. The highest BCUT2D eigenvalue weighted by atomic mass is 35.5. The number of amides is 1. The highest BCUT2D eigenvalue weighted by molar-refractivity contribution is 7.18. The zero-order chi connectivity index (χ0) is 15.7. The molecule has 0 bridgehead atoms. The molecule has 1 aromatic heterocycles. The lowest BCUT2D eigenvalue weighted by Crippen LogP contribution is -2.47. The van der Waals surface area contributed by atoms with Crippen molar-refractivity contribution in [2.24, 2.45) is 11.1 Å². The van der Waals surface area contributed by atoms with E-state index in [9.17, 15) is 4.79 Å². The molecular formula is C17H25Cl2N3OS. The molecule has 3 rings (SSSR count). The van der Waals surface area contributed by atoms with Gasteiger partial charge >= 0.3 is 0 Å². The van der Waals surface area contributed by atoms with Gasteiger partial charge < -0.3 is 10.6 Å². The van der Waals surface area contributed by atoms with Crippen molar-refractivity contribution in [3.63, 3.8) is 0 Å². The second-order valence-corrected chi connectivity index (χ2v) is 7.74. The molecule has 134 valence electrons. The lowest BCUT2D eigenvalue weighted by atomic mass is 9.89. The maximum absolute atomic E-state index is 12.5. The summed E-state index contributed by atoms with van der Waals surface area (Å²) >= 11 is 1.79. The Bertz CT molecular complexity index is 648. The van der Waals surface area contributed by atoms with Crippen LogP contribution < -0.4 is 5.73 Å². The van der Waals surface area contributed by atoms with E-state index < -0.39 is 5.41 Å². The molecule has 7 heteroatoms. The zero-order valence-corrected chi connectivity index (χ0v) is 16.5. The van der Waals surface area contributed by atoms with Gasteiger partial charge in [-0.3, -0.25) is 4.79 Å². The minimum Gasteiger partial charge on any atom is -0.342 e. The third-order valence-electron chi connectivity index (χ3n) is 4.53. The van der Waals surface area contributed by atoms with Gasteiger partial charge in [0.2, 0.25) is 5.91 Å². The summed E-state index contributed by atoms with van der Waals surface area (Å²) in [5, 5.41) is 1.21. The number of halogens is 2. The number of hydrogen-bond donors (Lipinski definition) is 1. The average Bonchev–Trinajstić information content (AvgIpc) is 2.98. The van der Waals surface area contributed by atoms with Gasteiger partial charge in [0.05, 0.1) is 20.6 Å². The molecule has 2 aromatic rings. The summed E-state index contributed by atoms with van der Waals surface area (Å²) in [6, 6.07) is 8.28. The summed E-state index contributed by atoms with van der Waals surface area (Å²) in [4.78, 5) is 19.2. The molecule has 1 amide bonds. The summed E-state index contributed by atoms with van der Waals surface area (Å²) in [6.45, 7) is 5.86. The number of thiazole rings is 1. The highest BCUT2D eigenvalue weighted by Gasteiger charge is 2.33. The van der Waals surface area contributed by atoms with Gasteiger partial charge in [0.1, 0.15) is 0 Å². The summed E-state index contributed by atoms with van der Waals surface area (Å²) in [6.07, 6.45) is 1.98. The summed E-state index contributed by atoms with van der Waals surface area (Å²) in [7, 11) is 0. The van der Waals surface area contributed by atoms with E-state index in [1.807, 2.05) is 24.8 Å². The van der Waals surface area contributed by atoms with Crippen LogP contribution in [0.3, 0.4) is 0 Å². The first-order valence-corrected chi connectivity index (χ1v) is 8.68. The SMILES string of the molecule is CC(C)(CN)C(=O)N1CCC(c2nc3ccccc3s2)CC1.Cl.Cl. The lowest BCUT2D eigenvalue weighted by Gasteiger charge is -2.36. The van der Waals surface area contributed by atoms with Crippen molar-refractivity contribution >= 4 is 52.3 Å². The molecule has 0 atom stereocenters. The lowest BCUT2D eigenvalue weighted by molar-refractivity contribution is -0.140. The van der Waals surface area contributed by atoms with Crippen molar-refractivity contribution in [2.75, 3.05) is 19.6 Å². The molecule has 0 radical (unpaired) electrons. The van der Waals surface area contributed by atoms with E-state index in [-0.39, 0.29) is 30.7 Å². The van der Waals surface area contributed by atoms with E-state index in [2.05, 4.69) is 18.2 Å². The predicted molar refractivity (Wildman–Crippen MR) is 106 cm³/mol. The first kappa shape index (κ1) is 21.2. The number of benzene rings is 1. The molecule has 24 heavy (non-hydrogen) atoms. The van der Waals surface area contributed by atoms with Crippen LogP contribution in [-0.4, -0.2) is 35.4 Å². The standard InChI is InChI=1S/C17H23N3OS.2ClH/c1-17(2,11-18)16(21)20-9-7-12(8-10-20)15-19-13-5-3-4-6-14(13)22-15;;/h3-6,12H,7-11,18H2,1-2H3;2*1H. The van der Waals surface area contributed by atoms with E-state index in [1.54, 1.807) is 11.3 Å². The van der Waals surface area contributed by atoms with Crippen molar-refractivity contribution in [1.29, 1.82) is 0 Å². The molecule has 1 saturated heterocycles. The number of fused-ring (bicyclic) bond motifs is 1. The Kier molecular flexibility index (Phi) is 7.47. The minimum atomic E-state index is -0.456. The van der Waals surface area contributed by atoms with Crippen LogP contribution in [0.25, 0.3) is 10.2 Å². The Hall–Kier alpha value is -0.880. The first-order valence-electron chi connectivity index (χ1n) is 7.86. The van der Waals surface area contributed by atoms with Gasteiger partial charge in [-0.25, -0.2) is 4.98 Å². The third kappa shape index (κ3) is 4.20. The van der Waals surface area contributed by atoms with Gasteiger partial charge in [-0.2, -0.15) is 0 Å². The topological polar surface area (TPSA) is 59.2 Å². The number of likely N-dealkylation sites (tertiary alicyclic amines) is 1. The largest absolute Gasteiger partial charge is 0.342 e. The van der Waals surface area contributed by atoms with Crippen LogP contribution in [0.15, 0.2) is 24.3 Å². The van der Waals surface area contributed by atoms with Gasteiger partial charge in [0.15, 0.2) is 0 Å². The van der Waals surface area contributed by atoms with E-state index in [0.29, 0.717) is 12.5 Å². The Balaban J connectivity index is 0.00000144. The van der Waals surface area contributed by atoms with Crippen LogP contribution in [-0.2, 0) is 4.79 Å². The van der Waals surface area contributed by atoms with Crippen molar-refractivity contribution < 1.29 is 4.79 Å². The van der Waals surface area contributed by atoms with E-state index in [4.69, 9.17) is 10.7 Å². The van der Waals surface area contributed by atoms with E-state index >= 15 is 0 Å². The monoisotopic (exact) mass is 389 g/mol. The van der Waals surface area contributed by atoms with Crippen LogP contribution in [0.2, 0.25) is 0 Å². The molecule has 0 saturated carbocycles. The van der Waals surface area contributed by atoms with Crippen LogP contribution in [0.5, 0.6) is 0 Å². The fraction of sp³-hybridized carbons (Fsp3) is 0.529. The summed E-state index contributed by atoms with van der Waals surface area (Å²) < 4.78 is 1.25. The van der Waals surface area contributed by atoms with Crippen LogP contribution >= 0.6 is 36.2 Å². The molecule has 2 N–H and O–H groups in total. The number of nitrogens with zero attached hydrogens (tertiary/aromatic N) is 2. The maximum atomic E-state index is 12.5. The maximum Gasteiger partial charge on any atom is 0.229 e. The van der Waals surface area contributed by atoms with E-state index in [1.165, 1.54) is 9.71 Å². The Morgan fingerprint density at radius 2 is 1.92 bits per heavy atom. The average molecular weight is 390 g/mol. The number of carbonyl (C=O) groups excluding carboxylic acids is 1. The second-order valence-electron chi connectivity index (χ2n) is 6.67. The zero-order valence-electron chi connectivity index (χ0n) is 14.0. The molecule has 0 unspecified atom stereocenters. The molecule has 1 aliphatic rings. The van der Waals surface area contributed by atoms with Crippen LogP contribution in [0.4, 0.5) is 0 Å². The molecule has 0 aliphatic carbocycles. The third-order valence-corrected chi connectivity index (χ3v) is 5.73. The molecule has 1 fully saturated rings. The van der Waals surface area contributed by atoms with Gasteiger partial charge in [-0.05, 0) is 38.8 Å². The first-order chi connectivity index (χ1) is 10.5. The number of piperidine rings is 1. The molecule has 4 nitrogen and oxygen atoms in total. The van der Waals surface area contributed by atoms with Crippen molar-refractivity contribution in [2.45, 2.75) is 32.6 Å². The fourth-order valence-corrected chi connectivity index (χ4v) is 4.05. The molecule has 1 aromatic carbocycles. The van der Waals surface area contributed by atoms with Crippen molar-refractivity contribution in [3.05, 3.63) is 29.3 Å². The molecule has 2 heterocycles. The second kappa shape index (κ2) is 8.48. The van der Waals surface area contributed by atoms with Gasteiger partial charge in [0.25, 0.3) is 0 Å². The fourth-order valence-electron chi connectivity index (χ4n) is 2.91. The molecule has 0 spiro atoms. The number of hydrogen-bond acceptors (Lipinski definition) is 4. The van der Waals surface area contributed by atoms with Crippen LogP contribution in [0.1, 0.15) is 37.6 Å². The number of nitrogens with two attached hydrogens (primary N) is 1. The Morgan fingerprint density at radius 3 is 2.50 bits per heavy atom. The Morgan fingerprint density at radius 1 is 1.29 bits per heavy atom. The van der Waals surface area contributed by atoms with Gasteiger partial charge in [0, 0.05) is 25.6 Å². The predicted octanol–water partition coefficient (Wildman–Crippen LogP) is 3.83. The highest BCUT2D eigenvalue weighted by Crippen LogP contribution is 2.34. The van der Waals surface area contributed by atoms with Gasteiger partial charge in [-0.15, -0.1) is 36.2 Å². The normalized spacial score (nSPS) is 15.7. The van der Waals surface area contributed by atoms with Crippen LogP contribution in [0, 0.1) is 5.41 Å².